The molecule has 0 saturated carbocycles. The van der Waals surface area contributed by atoms with E-state index in [1.54, 1.807) is 0 Å². The molecule has 2 N–H and O–H groups in total. The minimum atomic E-state index is 0.198. The fourth-order valence-electron chi connectivity index (χ4n) is 4.26. The molecule has 2 aromatic rings. The maximum atomic E-state index is 9.49. The first-order valence-corrected chi connectivity index (χ1v) is 8.49. The smallest absolute Gasteiger partial charge is 0.0659 e. The van der Waals surface area contributed by atoms with E-state index in [-0.39, 0.29) is 6.61 Å². The molecule has 3 aliphatic rings. The molecule has 22 heavy (non-hydrogen) atoms. The van der Waals surface area contributed by atoms with Gasteiger partial charge >= 0.3 is 0 Å². The summed E-state index contributed by atoms with van der Waals surface area (Å²) >= 11 is 0. The van der Waals surface area contributed by atoms with Crippen LogP contribution < -0.4 is 0 Å². The predicted molar refractivity (Wildman–Crippen MR) is 90.5 cm³/mol. The molecule has 3 aliphatic heterocycles. The first-order chi connectivity index (χ1) is 10.8. The Bertz CT molecular complexity index is 715. The van der Waals surface area contributed by atoms with Crippen molar-refractivity contribution in [3.63, 3.8) is 0 Å². The van der Waals surface area contributed by atoms with E-state index >= 15 is 0 Å². The number of rotatable bonds is 4. The second-order valence-electron chi connectivity index (χ2n) is 6.62. The van der Waals surface area contributed by atoms with E-state index in [9.17, 15) is 5.11 Å². The summed E-state index contributed by atoms with van der Waals surface area (Å²) in [5, 5.41) is 10.7. The quantitative estimate of drug-likeness (QED) is 0.907. The molecule has 1 aromatic carbocycles. The summed E-state index contributed by atoms with van der Waals surface area (Å²) in [6, 6.07) is 8.44. The van der Waals surface area contributed by atoms with Crippen molar-refractivity contribution >= 4 is 16.6 Å². The monoisotopic (exact) mass is 296 g/mol. The SMILES string of the molecule is CCC1CN2CCC1C=C2c1[nH]c2ccccc2c1CCO. The number of piperidine rings is 1. The lowest BCUT2D eigenvalue weighted by Crippen LogP contribution is -2.43. The molecular formula is C19H24N2O. The van der Waals surface area contributed by atoms with Gasteiger partial charge in [0.2, 0.25) is 0 Å². The molecule has 1 fully saturated rings. The number of aromatic nitrogens is 1. The highest BCUT2D eigenvalue weighted by Crippen LogP contribution is 2.41. The van der Waals surface area contributed by atoms with Crippen molar-refractivity contribution < 1.29 is 5.11 Å². The number of allylic oxidation sites excluding steroid dienone is 1. The van der Waals surface area contributed by atoms with Crippen LogP contribution in [-0.2, 0) is 6.42 Å². The Kier molecular flexibility index (Phi) is 3.45. The predicted octanol–water partition coefficient (Wildman–Crippen LogP) is 3.41. The molecule has 5 rings (SSSR count). The lowest BCUT2D eigenvalue weighted by Gasteiger charge is -2.45. The number of hydrogen-bond acceptors (Lipinski definition) is 2. The molecule has 3 nitrogen and oxygen atoms in total. The highest BCUT2D eigenvalue weighted by molar-refractivity contribution is 5.89. The Balaban J connectivity index is 1.83. The van der Waals surface area contributed by atoms with Gasteiger partial charge in [0.05, 0.1) is 11.4 Å². The van der Waals surface area contributed by atoms with E-state index < -0.39 is 0 Å². The van der Waals surface area contributed by atoms with Gasteiger partial charge in [0, 0.05) is 30.6 Å². The zero-order chi connectivity index (χ0) is 15.1. The lowest BCUT2D eigenvalue weighted by molar-refractivity contribution is 0.173. The molecule has 2 bridgehead atoms. The Labute approximate surface area is 131 Å². The highest BCUT2D eigenvalue weighted by Gasteiger charge is 2.34. The van der Waals surface area contributed by atoms with Crippen LogP contribution >= 0.6 is 0 Å². The third kappa shape index (κ3) is 2.07. The maximum absolute atomic E-state index is 9.49. The number of para-hydroxylation sites is 1. The van der Waals surface area contributed by atoms with E-state index in [0.717, 1.165) is 11.8 Å². The van der Waals surface area contributed by atoms with Gasteiger partial charge in [0.25, 0.3) is 0 Å². The summed E-state index contributed by atoms with van der Waals surface area (Å²) in [6.07, 6.45) is 5.75. The minimum absolute atomic E-state index is 0.198. The second-order valence-corrected chi connectivity index (χ2v) is 6.62. The molecule has 0 aliphatic carbocycles. The fraction of sp³-hybridized carbons (Fsp3) is 0.474. The first-order valence-electron chi connectivity index (χ1n) is 8.49. The largest absolute Gasteiger partial charge is 0.396 e. The molecule has 0 spiro atoms. The number of benzene rings is 1. The summed E-state index contributed by atoms with van der Waals surface area (Å²) in [4.78, 5) is 6.16. The summed E-state index contributed by atoms with van der Waals surface area (Å²) in [5.41, 5.74) is 5.04. The van der Waals surface area contributed by atoms with E-state index in [1.807, 2.05) is 0 Å². The third-order valence-electron chi connectivity index (χ3n) is 5.46. The van der Waals surface area contributed by atoms with Crippen LogP contribution in [0.25, 0.3) is 16.6 Å². The van der Waals surface area contributed by atoms with E-state index in [1.165, 1.54) is 53.8 Å². The summed E-state index contributed by atoms with van der Waals surface area (Å²) in [6.45, 7) is 4.85. The van der Waals surface area contributed by atoms with Gasteiger partial charge < -0.3 is 15.0 Å². The van der Waals surface area contributed by atoms with Crippen molar-refractivity contribution in [3.05, 3.63) is 41.6 Å². The fourth-order valence-corrected chi connectivity index (χ4v) is 4.26. The van der Waals surface area contributed by atoms with Gasteiger partial charge in [-0.1, -0.05) is 37.6 Å². The van der Waals surface area contributed by atoms with Gasteiger partial charge in [-0.25, -0.2) is 0 Å². The van der Waals surface area contributed by atoms with Crippen LogP contribution in [0.5, 0.6) is 0 Å². The van der Waals surface area contributed by atoms with Gasteiger partial charge in [-0.15, -0.1) is 0 Å². The zero-order valence-electron chi connectivity index (χ0n) is 13.2. The summed E-state index contributed by atoms with van der Waals surface area (Å²) < 4.78 is 0. The van der Waals surface area contributed by atoms with Crippen molar-refractivity contribution in [2.75, 3.05) is 19.7 Å². The molecule has 0 amide bonds. The minimum Gasteiger partial charge on any atom is -0.396 e. The van der Waals surface area contributed by atoms with E-state index in [2.05, 4.69) is 47.1 Å². The lowest BCUT2D eigenvalue weighted by atomic mass is 9.79. The Morgan fingerprint density at radius 3 is 2.91 bits per heavy atom. The van der Waals surface area contributed by atoms with Gasteiger partial charge in [0.15, 0.2) is 0 Å². The normalized spacial score (nSPS) is 24.1. The number of nitrogens with zero attached hydrogens (tertiary/aromatic N) is 1. The van der Waals surface area contributed by atoms with Crippen LogP contribution in [0.3, 0.4) is 0 Å². The number of nitrogens with one attached hydrogen (secondary N) is 1. The molecule has 3 heteroatoms. The van der Waals surface area contributed by atoms with Crippen molar-refractivity contribution in [1.82, 2.24) is 9.88 Å². The number of H-pyrrole nitrogens is 1. The zero-order valence-corrected chi connectivity index (χ0v) is 13.2. The highest BCUT2D eigenvalue weighted by atomic mass is 16.2. The van der Waals surface area contributed by atoms with Crippen molar-refractivity contribution in [2.24, 2.45) is 11.8 Å². The van der Waals surface area contributed by atoms with Gasteiger partial charge in [0.1, 0.15) is 0 Å². The van der Waals surface area contributed by atoms with E-state index in [4.69, 9.17) is 0 Å². The van der Waals surface area contributed by atoms with Gasteiger partial charge in [-0.3, -0.25) is 0 Å². The van der Waals surface area contributed by atoms with Crippen molar-refractivity contribution in [3.8, 4) is 0 Å². The van der Waals surface area contributed by atoms with Crippen LogP contribution in [-0.4, -0.2) is 34.7 Å². The number of hydrogen-bond donors (Lipinski definition) is 2. The molecule has 0 radical (unpaired) electrons. The van der Waals surface area contributed by atoms with Crippen LogP contribution in [0.1, 0.15) is 31.0 Å². The Morgan fingerprint density at radius 1 is 1.32 bits per heavy atom. The average Bonchev–Trinajstić information content (AvgIpc) is 2.94. The maximum Gasteiger partial charge on any atom is 0.0659 e. The number of aliphatic hydroxyl groups is 1. The third-order valence-corrected chi connectivity index (χ3v) is 5.46. The molecule has 2 unspecified atom stereocenters. The molecule has 1 saturated heterocycles. The Hall–Kier alpha value is -1.74. The molecule has 4 heterocycles. The van der Waals surface area contributed by atoms with Crippen LogP contribution in [0.4, 0.5) is 0 Å². The number of aromatic amines is 1. The molecule has 116 valence electrons. The molecule has 1 aromatic heterocycles. The van der Waals surface area contributed by atoms with Crippen molar-refractivity contribution in [1.29, 1.82) is 0 Å². The number of fused-ring (bicyclic) bond motifs is 3. The van der Waals surface area contributed by atoms with Gasteiger partial charge in [-0.2, -0.15) is 0 Å². The van der Waals surface area contributed by atoms with Crippen molar-refractivity contribution in [2.45, 2.75) is 26.2 Å². The second kappa shape index (κ2) is 5.47. The summed E-state index contributed by atoms with van der Waals surface area (Å²) in [5.74, 6) is 1.53. The molecular weight excluding hydrogens is 272 g/mol. The summed E-state index contributed by atoms with van der Waals surface area (Å²) in [7, 11) is 0. The Morgan fingerprint density at radius 2 is 2.18 bits per heavy atom. The molecule has 2 atom stereocenters. The van der Waals surface area contributed by atoms with Crippen LogP contribution in [0, 0.1) is 11.8 Å². The average molecular weight is 296 g/mol. The van der Waals surface area contributed by atoms with Crippen LogP contribution in [0.2, 0.25) is 0 Å². The first kappa shape index (κ1) is 13.9. The van der Waals surface area contributed by atoms with Gasteiger partial charge in [-0.05, 0) is 36.3 Å². The van der Waals surface area contributed by atoms with E-state index in [0.29, 0.717) is 6.42 Å². The topological polar surface area (TPSA) is 39.3 Å². The number of aliphatic hydroxyl groups excluding tert-OH is 1. The standard InChI is InChI=1S/C19H24N2O/c1-2-13-12-21-9-7-14(13)11-18(21)19-16(8-10-22)15-5-3-4-6-17(15)20-19/h3-6,11,13-14,20,22H,2,7-10,12H2,1H3. The van der Waals surface area contributed by atoms with Crippen LogP contribution in [0.15, 0.2) is 30.3 Å².